The summed E-state index contributed by atoms with van der Waals surface area (Å²) in [7, 11) is 0. The van der Waals surface area contributed by atoms with Crippen molar-refractivity contribution in [2.24, 2.45) is 0 Å². The molecule has 98 valence electrons. The van der Waals surface area contributed by atoms with Gasteiger partial charge in [-0.1, -0.05) is 0 Å². The Morgan fingerprint density at radius 2 is 2.26 bits per heavy atom. The molecule has 0 aromatic carbocycles. The average Bonchev–Trinajstić information content (AvgIpc) is 3.04. The Kier molecular flexibility index (Phi) is 2.82. The maximum Gasteiger partial charge on any atom is 0.160 e. The van der Waals surface area contributed by atoms with Crippen molar-refractivity contribution >= 4 is 16.9 Å². The molecular weight excluding hydrogens is 244 g/mol. The molecule has 3 heterocycles. The Hall–Kier alpha value is -2.51. The number of nitrogens with zero attached hydrogens (tertiary/aromatic N) is 6. The Bertz CT molecular complexity index is 683. The maximum atomic E-state index is 4.21. The van der Waals surface area contributed by atoms with Crippen LogP contribution in [0.4, 0.5) is 5.82 Å². The van der Waals surface area contributed by atoms with Gasteiger partial charge in [-0.15, -0.1) is 10.2 Å². The highest BCUT2D eigenvalue weighted by Gasteiger charge is 2.09. The summed E-state index contributed by atoms with van der Waals surface area (Å²) in [6, 6.07) is 0.325. The smallest absolute Gasteiger partial charge is 0.160 e. The number of aromatic amines is 1. The number of H-pyrrole nitrogens is 1. The first-order chi connectivity index (χ1) is 9.25. The molecule has 3 rings (SSSR count). The summed E-state index contributed by atoms with van der Waals surface area (Å²) in [5, 5.41) is 18.9. The number of fused-ring (bicyclic) bond motifs is 1. The molecule has 3 aromatic rings. The predicted molar refractivity (Wildman–Crippen MR) is 69.4 cm³/mol. The third-order valence-corrected chi connectivity index (χ3v) is 2.87. The minimum atomic E-state index is 0.325. The van der Waals surface area contributed by atoms with Crippen molar-refractivity contribution in [3.63, 3.8) is 0 Å². The second-order valence-corrected chi connectivity index (χ2v) is 4.46. The van der Waals surface area contributed by atoms with Crippen LogP contribution < -0.4 is 5.32 Å². The van der Waals surface area contributed by atoms with Gasteiger partial charge in [0, 0.05) is 6.04 Å². The molecule has 0 spiro atoms. The molecule has 0 saturated heterocycles. The first-order valence-corrected chi connectivity index (χ1v) is 6.02. The van der Waals surface area contributed by atoms with Crippen LogP contribution in [0.25, 0.3) is 11.0 Å². The fourth-order valence-electron chi connectivity index (χ4n) is 1.89. The van der Waals surface area contributed by atoms with Crippen molar-refractivity contribution in [1.29, 1.82) is 0 Å². The molecule has 0 bridgehead atoms. The van der Waals surface area contributed by atoms with Crippen LogP contribution in [-0.2, 0) is 6.54 Å². The van der Waals surface area contributed by atoms with E-state index in [1.165, 1.54) is 6.33 Å². The van der Waals surface area contributed by atoms with Gasteiger partial charge in [-0.25, -0.2) is 9.97 Å². The number of rotatable bonds is 4. The van der Waals surface area contributed by atoms with Gasteiger partial charge in [-0.2, -0.15) is 5.10 Å². The van der Waals surface area contributed by atoms with E-state index in [1.807, 2.05) is 4.57 Å². The van der Waals surface area contributed by atoms with Crippen molar-refractivity contribution in [2.75, 3.05) is 5.32 Å². The van der Waals surface area contributed by atoms with Crippen molar-refractivity contribution in [3.05, 3.63) is 24.7 Å². The molecule has 0 saturated carbocycles. The summed E-state index contributed by atoms with van der Waals surface area (Å²) in [5.41, 5.74) is 0.711. The molecule has 0 aliphatic carbocycles. The fraction of sp³-hybridized carbons (Fsp3) is 0.364. The Balaban J connectivity index is 1.82. The topological polar surface area (TPSA) is 97.2 Å². The summed E-state index contributed by atoms with van der Waals surface area (Å²) in [6.45, 7) is 4.73. The molecule has 8 heteroatoms. The minimum absolute atomic E-state index is 0.325. The van der Waals surface area contributed by atoms with Gasteiger partial charge in [0.2, 0.25) is 0 Å². The standard InChI is InChI=1S/C11H14N8/c1-7(2)19-6-16-17-9(19)4-12-10-8-3-15-18-11(8)14-5-13-10/h3,5-7H,4H2,1-2H3,(H2,12,13,14,15,18). The van der Waals surface area contributed by atoms with Crippen LogP contribution in [0.1, 0.15) is 25.7 Å². The summed E-state index contributed by atoms with van der Waals surface area (Å²) in [6.07, 6.45) is 4.93. The first-order valence-electron chi connectivity index (χ1n) is 6.02. The maximum absolute atomic E-state index is 4.21. The van der Waals surface area contributed by atoms with Crippen LogP contribution in [0.15, 0.2) is 18.9 Å². The monoisotopic (exact) mass is 258 g/mol. The van der Waals surface area contributed by atoms with Crippen LogP contribution in [0.5, 0.6) is 0 Å². The van der Waals surface area contributed by atoms with Gasteiger partial charge >= 0.3 is 0 Å². The molecule has 0 radical (unpaired) electrons. The number of anilines is 1. The first kappa shape index (κ1) is 11.6. The Labute approximate surface area is 109 Å². The van der Waals surface area contributed by atoms with E-state index in [1.54, 1.807) is 12.5 Å². The van der Waals surface area contributed by atoms with E-state index >= 15 is 0 Å². The van der Waals surface area contributed by atoms with Crippen molar-refractivity contribution in [3.8, 4) is 0 Å². The third-order valence-electron chi connectivity index (χ3n) is 2.87. The number of hydrogen-bond donors (Lipinski definition) is 2. The van der Waals surface area contributed by atoms with Gasteiger partial charge in [-0.05, 0) is 13.8 Å². The van der Waals surface area contributed by atoms with Crippen LogP contribution in [-0.4, -0.2) is 34.9 Å². The average molecular weight is 258 g/mol. The van der Waals surface area contributed by atoms with Gasteiger partial charge in [0.15, 0.2) is 11.5 Å². The van der Waals surface area contributed by atoms with E-state index in [2.05, 4.69) is 49.5 Å². The molecule has 2 N–H and O–H groups in total. The van der Waals surface area contributed by atoms with Crippen LogP contribution >= 0.6 is 0 Å². The highest BCUT2D eigenvalue weighted by atomic mass is 15.3. The molecule has 0 fully saturated rings. The quantitative estimate of drug-likeness (QED) is 0.728. The normalized spacial score (nSPS) is 11.3. The van der Waals surface area contributed by atoms with Gasteiger partial charge < -0.3 is 9.88 Å². The van der Waals surface area contributed by atoms with Crippen molar-refractivity contribution in [2.45, 2.75) is 26.4 Å². The third kappa shape index (κ3) is 2.12. The van der Waals surface area contributed by atoms with Crippen LogP contribution in [0, 0.1) is 0 Å². The molecule has 8 nitrogen and oxygen atoms in total. The lowest BCUT2D eigenvalue weighted by Gasteiger charge is -2.11. The lowest BCUT2D eigenvalue weighted by atomic mass is 10.3. The second-order valence-electron chi connectivity index (χ2n) is 4.46. The van der Waals surface area contributed by atoms with Crippen molar-refractivity contribution in [1.82, 2.24) is 34.9 Å². The molecule has 3 aromatic heterocycles. The summed E-state index contributed by atoms with van der Waals surface area (Å²) in [4.78, 5) is 8.30. The number of hydrogen-bond acceptors (Lipinski definition) is 6. The number of nitrogens with one attached hydrogen (secondary N) is 2. The van der Waals surface area contributed by atoms with E-state index in [0.717, 1.165) is 17.0 Å². The molecular formula is C11H14N8. The van der Waals surface area contributed by atoms with Crippen molar-refractivity contribution < 1.29 is 0 Å². The van der Waals surface area contributed by atoms with Gasteiger partial charge in [0.25, 0.3) is 0 Å². The van der Waals surface area contributed by atoms with E-state index in [4.69, 9.17) is 0 Å². The predicted octanol–water partition coefficient (Wildman–Crippen LogP) is 1.14. The summed E-state index contributed by atoms with van der Waals surface area (Å²) >= 11 is 0. The largest absolute Gasteiger partial charge is 0.362 e. The number of aromatic nitrogens is 7. The summed E-state index contributed by atoms with van der Waals surface area (Å²) in [5.74, 6) is 1.60. The Morgan fingerprint density at radius 1 is 1.37 bits per heavy atom. The van der Waals surface area contributed by atoms with Gasteiger partial charge in [0.1, 0.15) is 18.5 Å². The zero-order valence-electron chi connectivity index (χ0n) is 10.7. The lowest BCUT2D eigenvalue weighted by Crippen LogP contribution is -2.11. The highest BCUT2D eigenvalue weighted by molar-refractivity contribution is 5.85. The molecule has 0 aliphatic rings. The molecule has 19 heavy (non-hydrogen) atoms. The zero-order chi connectivity index (χ0) is 13.2. The highest BCUT2D eigenvalue weighted by Crippen LogP contribution is 2.17. The van der Waals surface area contributed by atoms with Crippen LogP contribution in [0.2, 0.25) is 0 Å². The lowest BCUT2D eigenvalue weighted by molar-refractivity contribution is 0.572. The molecule has 0 amide bonds. The zero-order valence-corrected chi connectivity index (χ0v) is 10.7. The van der Waals surface area contributed by atoms with E-state index in [-0.39, 0.29) is 0 Å². The van der Waals surface area contributed by atoms with Gasteiger partial charge in [-0.3, -0.25) is 5.10 Å². The summed E-state index contributed by atoms with van der Waals surface area (Å²) < 4.78 is 2.01. The minimum Gasteiger partial charge on any atom is -0.362 e. The SMILES string of the molecule is CC(C)n1cnnc1CNc1ncnc2[nH]ncc12. The molecule has 0 atom stereocenters. The second kappa shape index (κ2) is 4.63. The molecule has 0 aliphatic heterocycles. The Morgan fingerprint density at radius 3 is 3.11 bits per heavy atom. The van der Waals surface area contributed by atoms with E-state index in [0.29, 0.717) is 18.2 Å². The van der Waals surface area contributed by atoms with E-state index in [9.17, 15) is 0 Å². The van der Waals surface area contributed by atoms with Gasteiger partial charge in [0.05, 0.1) is 18.1 Å². The van der Waals surface area contributed by atoms with Crippen LogP contribution in [0.3, 0.4) is 0 Å². The fourth-order valence-corrected chi connectivity index (χ4v) is 1.89. The van der Waals surface area contributed by atoms with E-state index < -0.39 is 0 Å². The molecule has 0 unspecified atom stereocenters.